The smallest absolute Gasteiger partial charge is 0.257 e. The second-order valence-corrected chi connectivity index (χ2v) is 6.06. The third-order valence-electron chi connectivity index (χ3n) is 3.78. The maximum absolute atomic E-state index is 13.0. The third kappa shape index (κ3) is 9.60. The van der Waals surface area contributed by atoms with Crippen molar-refractivity contribution in [3.8, 4) is 5.75 Å². The van der Waals surface area contributed by atoms with Gasteiger partial charge in [0.15, 0.2) is 12.6 Å². The van der Waals surface area contributed by atoms with E-state index in [0.29, 0.717) is 31.3 Å². The highest BCUT2D eigenvalue weighted by Gasteiger charge is 2.03. The van der Waals surface area contributed by atoms with Crippen LogP contribution in [0.25, 0.3) is 0 Å². The Hall–Kier alpha value is -2.36. The van der Waals surface area contributed by atoms with Crippen molar-refractivity contribution in [1.82, 2.24) is 16.0 Å². The lowest BCUT2D eigenvalue weighted by Gasteiger charge is -2.12. The number of benzene rings is 2. The van der Waals surface area contributed by atoms with Crippen molar-refractivity contribution < 1.29 is 13.9 Å². The van der Waals surface area contributed by atoms with Crippen LogP contribution in [0.5, 0.6) is 5.75 Å². The Morgan fingerprint density at radius 3 is 2.41 bits per heavy atom. The maximum atomic E-state index is 13.0. The van der Waals surface area contributed by atoms with Gasteiger partial charge in [-0.25, -0.2) is 9.38 Å². The summed E-state index contributed by atoms with van der Waals surface area (Å²) in [7, 11) is 0. The molecule has 8 heteroatoms. The fraction of sp³-hybridized carbons (Fsp3) is 0.333. The molecule has 0 radical (unpaired) electrons. The van der Waals surface area contributed by atoms with Crippen LogP contribution < -0.4 is 20.7 Å². The molecule has 2 rings (SSSR count). The van der Waals surface area contributed by atoms with E-state index in [4.69, 9.17) is 4.74 Å². The standard InChI is InChI=1S/C21H27FN4O2.HI/c1-3-23-20(27)15-28-19-7-5-6-17(12-19)14-26-21(24-4-2)25-13-16-8-10-18(22)11-9-16;/h5-12H,3-4,13-15H2,1-2H3,(H,23,27)(H2,24,25,26);1H. The number of hydrogen-bond acceptors (Lipinski definition) is 3. The first kappa shape index (κ1) is 24.7. The Bertz CT molecular complexity index is 785. The van der Waals surface area contributed by atoms with Gasteiger partial charge in [0, 0.05) is 19.6 Å². The average Bonchev–Trinajstić information content (AvgIpc) is 2.70. The molecule has 0 fully saturated rings. The number of aliphatic imine (C=N–C) groups is 1. The zero-order chi connectivity index (χ0) is 20.2. The molecule has 0 heterocycles. The Balaban J connectivity index is 0.00000420. The van der Waals surface area contributed by atoms with Crippen LogP contribution in [0.3, 0.4) is 0 Å². The minimum Gasteiger partial charge on any atom is -0.484 e. The first-order chi connectivity index (χ1) is 13.6. The van der Waals surface area contributed by atoms with Crippen LogP contribution in [0, 0.1) is 5.82 Å². The lowest BCUT2D eigenvalue weighted by molar-refractivity contribution is -0.122. The van der Waals surface area contributed by atoms with Crippen molar-refractivity contribution >= 4 is 35.8 Å². The second-order valence-electron chi connectivity index (χ2n) is 6.06. The maximum Gasteiger partial charge on any atom is 0.257 e. The molecule has 0 atom stereocenters. The molecule has 0 aliphatic carbocycles. The average molecular weight is 514 g/mol. The zero-order valence-corrected chi connectivity index (χ0v) is 19.0. The lowest BCUT2D eigenvalue weighted by atomic mass is 10.2. The molecule has 0 bridgehead atoms. The lowest BCUT2D eigenvalue weighted by Crippen LogP contribution is -2.36. The molecule has 0 aliphatic rings. The summed E-state index contributed by atoms with van der Waals surface area (Å²) in [5.74, 6) is 0.896. The summed E-state index contributed by atoms with van der Waals surface area (Å²) in [5.41, 5.74) is 1.93. The van der Waals surface area contributed by atoms with Crippen LogP contribution in [0.4, 0.5) is 4.39 Å². The van der Waals surface area contributed by atoms with Crippen LogP contribution in [0.15, 0.2) is 53.5 Å². The van der Waals surface area contributed by atoms with E-state index in [1.165, 1.54) is 12.1 Å². The van der Waals surface area contributed by atoms with E-state index in [2.05, 4.69) is 20.9 Å². The predicted molar refractivity (Wildman–Crippen MR) is 124 cm³/mol. The van der Waals surface area contributed by atoms with Gasteiger partial charge in [0.1, 0.15) is 11.6 Å². The monoisotopic (exact) mass is 514 g/mol. The van der Waals surface area contributed by atoms with Gasteiger partial charge in [-0.05, 0) is 49.2 Å². The molecule has 29 heavy (non-hydrogen) atoms. The van der Waals surface area contributed by atoms with E-state index in [0.717, 1.165) is 17.7 Å². The van der Waals surface area contributed by atoms with Crippen LogP contribution in [0.1, 0.15) is 25.0 Å². The highest BCUT2D eigenvalue weighted by molar-refractivity contribution is 14.0. The Labute approximate surface area is 188 Å². The van der Waals surface area contributed by atoms with Crippen molar-refractivity contribution in [2.45, 2.75) is 26.9 Å². The summed E-state index contributed by atoms with van der Waals surface area (Å²) in [6.07, 6.45) is 0. The summed E-state index contributed by atoms with van der Waals surface area (Å²) in [6.45, 7) is 6.15. The van der Waals surface area contributed by atoms with E-state index in [-0.39, 0.29) is 42.3 Å². The van der Waals surface area contributed by atoms with E-state index in [1.807, 2.05) is 38.1 Å². The number of nitrogens with zero attached hydrogens (tertiary/aromatic N) is 1. The number of hydrogen-bond donors (Lipinski definition) is 3. The molecule has 0 aromatic heterocycles. The van der Waals surface area contributed by atoms with Crippen molar-refractivity contribution in [2.75, 3.05) is 19.7 Å². The molecule has 3 N–H and O–H groups in total. The van der Waals surface area contributed by atoms with E-state index in [1.54, 1.807) is 12.1 Å². The number of ether oxygens (including phenoxy) is 1. The minimum atomic E-state index is -0.251. The van der Waals surface area contributed by atoms with Gasteiger partial charge in [0.2, 0.25) is 0 Å². The topological polar surface area (TPSA) is 74.8 Å². The first-order valence-electron chi connectivity index (χ1n) is 9.35. The fourth-order valence-electron chi connectivity index (χ4n) is 2.43. The second kappa shape index (κ2) is 13.8. The number of carbonyl (C=O) groups is 1. The minimum absolute atomic E-state index is 0. The van der Waals surface area contributed by atoms with Gasteiger partial charge in [-0.15, -0.1) is 24.0 Å². The van der Waals surface area contributed by atoms with Gasteiger partial charge in [0.05, 0.1) is 6.54 Å². The molecule has 158 valence electrons. The van der Waals surface area contributed by atoms with Crippen LogP contribution in [-0.2, 0) is 17.9 Å². The SMILES string of the molecule is CCNC(=O)COc1cccc(CN=C(NCC)NCc2ccc(F)cc2)c1.I. The number of amides is 1. The molecule has 0 spiro atoms. The molecule has 6 nitrogen and oxygen atoms in total. The molecule has 0 saturated carbocycles. The van der Waals surface area contributed by atoms with Gasteiger partial charge < -0.3 is 20.7 Å². The van der Waals surface area contributed by atoms with Crippen molar-refractivity contribution in [3.63, 3.8) is 0 Å². The molecule has 1 amide bonds. The quantitative estimate of drug-likeness (QED) is 0.273. The summed E-state index contributed by atoms with van der Waals surface area (Å²) in [5, 5.41) is 9.10. The third-order valence-corrected chi connectivity index (χ3v) is 3.78. The van der Waals surface area contributed by atoms with Gasteiger partial charge >= 0.3 is 0 Å². The van der Waals surface area contributed by atoms with Crippen LogP contribution >= 0.6 is 24.0 Å². The zero-order valence-electron chi connectivity index (χ0n) is 16.7. The normalized spacial score (nSPS) is 10.7. The number of guanidine groups is 1. The largest absolute Gasteiger partial charge is 0.484 e. The number of carbonyl (C=O) groups excluding carboxylic acids is 1. The van der Waals surface area contributed by atoms with E-state index < -0.39 is 0 Å². The summed E-state index contributed by atoms with van der Waals surface area (Å²) < 4.78 is 18.5. The number of halogens is 2. The molecule has 0 saturated heterocycles. The van der Waals surface area contributed by atoms with E-state index in [9.17, 15) is 9.18 Å². The van der Waals surface area contributed by atoms with Gasteiger partial charge in [-0.2, -0.15) is 0 Å². The van der Waals surface area contributed by atoms with Gasteiger partial charge in [0.25, 0.3) is 5.91 Å². The summed E-state index contributed by atoms with van der Waals surface area (Å²) in [6, 6.07) is 13.9. The van der Waals surface area contributed by atoms with Gasteiger partial charge in [-0.1, -0.05) is 24.3 Å². The predicted octanol–water partition coefficient (Wildman–Crippen LogP) is 3.21. The molecule has 2 aromatic rings. The summed E-state index contributed by atoms with van der Waals surface area (Å²) >= 11 is 0. The highest BCUT2D eigenvalue weighted by atomic mass is 127. The van der Waals surface area contributed by atoms with Gasteiger partial charge in [-0.3, -0.25) is 4.79 Å². The molecular formula is C21H28FIN4O2. The van der Waals surface area contributed by atoms with Crippen molar-refractivity contribution in [1.29, 1.82) is 0 Å². The molecule has 2 aromatic carbocycles. The Morgan fingerprint density at radius 1 is 1.00 bits per heavy atom. The Kier molecular flexibility index (Phi) is 11.7. The number of rotatable bonds is 9. The van der Waals surface area contributed by atoms with Crippen molar-refractivity contribution in [2.24, 2.45) is 4.99 Å². The fourth-order valence-corrected chi connectivity index (χ4v) is 2.43. The van der Waals surface area contributed by atoms with Crippen molar-refractivity contribution in [3.05, 3.63) is 65.5 Å². The van der Waals surface area contributed by atoms with Crippen LogP contribution in [-0.4, -0.2) is 31.6 Å². The highest BCUT2D eigenvalue weighted by Crippen LogP contribution is 2.14. The Morgan fingerprint density at radius 2 is 1.72 bits per heavy atom. The number of likely N-dealkylation sites (N-methyl/N-ethyl adjacent to an activating group) is 1. The first-order valence-corrected chi connectivity index (χ1v) is 9.35. The molecule has 0 aliphatic heterocycles. The number of nitrogens with one attached hydrogen (secondary N) is 3. The molecule has 0 unspecified atom stereocenters. The molecular weight excluding hydrogens is 486 g/mol. The summed E-state index contributed by atoms with van der Waals surface area (Å²) in [4.78, 5) is 16.1. The van der Waals surface area contributed by atoms with Crippen LogP contribution in [0.2, 0.25) is 0 Å². The van der Waals surface area contributed by atoms with E-state index >= 15 is 0 Å².